The normalized spacial score (nSPS) is 22.7. The van der Waals surface area contributed by atoms with Gasteiger partial charge in [-0.2, -0.15) is 0 Å². The van der Waals surface area contributed by atoms with E-state index < -0.39 is 0 Å². The van der Waals surface area contributed by atoms with Crippen LogP contribution in [0.5, 0.6) is 0 Å². The fourth-order valence-corrected chi connectivity index (χ4v) is 1.39. The molecule has 76 valence electrons. The second kappa shape index (κ2) is 5.94. The van der Waals surface area contributed by atoms with Gasteiger partial charge in [0.15, 0.2) is 0 Å². The van der Waals surface area contributed by atoms with Gasteiger partial charge < -0.3 is 15.2 Å². The molecule has 4 nitrogen and oxygen atoms in total. The van der Waals surface area contributed by atoms with E-state index in [1.54, 1.807) is 0 Å². The number of piperidine rings is 1. The van der Waals surface area contributed by atoms with E-state index >= 15 is 0 Å². The van der Waals surface area contributed by atoms with E-state index in [0.717, 1.165) is 25.9 Å². The Labute approximate surface area is 78.3 Å². The summed E-state index contributed by atoms with van der Waals surface area (Å²) in [6.07, 6.45) is 2.89. The zero-order valence-corrected chi connectivity index (χ0v) is 7.79. The molecule has 0 radical (unpaired) electrons. The molecule has 4 heteroatoms. The van der Waals surface area contributed by atoms with Crippen molar-refractivity contribution >= 4 is 5.97 Å². The predicted molar refractivity (Wildman–Crippen MR) is 48.3 cm³/mol. The van der Waals surface area contributed by atoms with E-state index in [1.807, 2.05) is 0 Å². The number of aliphatic hydroxyl groups is 1. The zero-order valence-electron chi connectivity index (χ0n) is 7.79. The Bertz CT molecular complexity index is 155. The molecule has 0 aromatic carbocycles. The van der Waals surface area contributed by atoms with E-state index in [2.05, 4.69) is 5.32 Å². The number of nitrogens with one attached hydrogen (secondary N) is 1. The molecule has 1 fully saturated rings. The first-order chi connectivity index (χ1) is 6.33. The maximum atomic E-state index is 11.1. The summed E-state index contributed by atoms with van der Waals surface area (Å²) in [7, 11) is 0. The SMILES string of the molecule is O=C(CCCO)OC1CCCNC1. The summed E-state index contributed by atoms with van der Waals surface area (Å²) in [5.41, 5.74) is 0. The van der Waals surface area contributed by atoms with Gasteiger partial charge in [-0.05, 0) is 25.8 Å². The summed E-state index contributed by atoms with van der Waals surface area (Å²) < 4.78 is 5.18. The number of esters is 1. The highest BCUT2D eigenvalue weighted by atomic mass is 16.5. The van der Waals surface area contributed by atoms with Crippen LogP contribution in [-0.4, -0.2) is 36.9 Å². The van der Waals surface area contributed by atoms with Crippen molar-refractivity contribution in [1.29, 1.82) is 0 Å². The lowest BCUT2D eigenvalue weighted by Crippen LogP contribution is -2.36. The van der Waals surface area contributed by atoms with Crippen LogP contribution in [-0.2, 0) is 9.53 Å². The molecule has 13 heavy (non-hydrogen) atoms. The second-order valence-electron chi connectivity index (χ2n) is 3.29. The molecule has 2 N–H and O–H groups in total. The summed E-state index contributed by atoms with van der Waals surface area (Å²) in [4.78, 5) is 11.1. The lowest BCUT2D eigenvalue weighted by molar-refractivity contribution is -0.150. The topological polar surface area (TPSA) is 58.6 Å². The molecule has 0 saturated carbocycles. The van der Waals surface area contributed by atoms with Gasteiger partial charge in [0.1, 0.15) is 6.10 Å². The number of carbonyl (C=O) groups is 1. The molecule has 0 bridgehead atoms. The number of ether oxygens (including phenoxy) is 1. The molecule has 1 heterocycles. The van der Waals surface area contributed by atoms with Gasteiger partial charge in [0, 0.05) is 19.6 Å². The van der Waals surface area contributed by atoms with Crippen molar-refractivity contribution in [2.24, 2.45) is 0 Å². The van der Waals surface area contributed by atoms with Gasteiger partial charge in [-0.25, -0.2) is 0 Å². The van der Waals surface area contributed by atoms with Gasteiger partial charge in [0.2, 0.25) is 0 Å². The lowest BCUT2D eigenvalue weighted by Gasteiger charge is -2.22. The number of hydrogen-bond acceptors (Lipinski definition) is 4. The summed E-state index contributed by atoms with van der Waals surface area (Å²) >= 11 is 0. The smallest absolute Gasteiger partial charge is 0.306 e. The molecule has 0 aromatic rings. The first-order valence-electron chi connectivity index (χ1n) is 4.84. The Hall–Kier alpha value is -0.610. The Morgan fingerprint density at radius 1 is 1.62 bits per heavy atom. The molecule has 0 amide bonds. The quantitative estimate of drug-likeness (QED) is 0.611. The van der Waals surface area contributed by atoms with E-state index in [-0.39, 0.29) is 18.7 Å². The van der Waals surface area contributed by atoms with E-state index in [9.17, 15) is 4.79 Å². The van der Waals surface area contributed by atoms with Gasteiger partial charge in [-0.3, -0.25) is 4.79 Å². The van der Waals surface area contributed by atoms with Crippen LogP contribution in [0.2, 0.25) is 0 Å². The van der Waals surface area contributed by atoms with Crippen LogP contribution in [0.3, 0.4) is 0 Å². The maximum Gasteiger partial charge on any atom is 0.306 e. The van der Waals surface area contributed by atoms with Crippen molar-refractivity contribution in [2.45, 2.75) is 31.8 Å². The van der Waals surface area contributed by atoms with Crippen molar-refractivity contribution in [3.63, 3.8) is 0 Å². The van der Waals surface area contributed by atoms with Crippen LogP contribution in [0.25, 0.3) is 0 Å². The van der Waals surface area contributed by atoms with Gasteiger partial charge >= 0.3 is 5.97 Å². The molecular formula is C9H17NO3. The highest BCUT2D eigenvalue weighted by molar-refractivity contribution is 5.69. The van der Waals surface area contributed by atoms with Crippen LogP contribution in [0, 0.1) is 0 Å². The minimum Gasteiger partial charge on any atom is -0.461 e. The monoisotopic (exact) mass is 187 g/mol. The molecule has 0 aliphatic carbocycles. The van der Waals surface area contributed by atoms with Gasteiger partial charge in [0.25, 0.3) is 0 Å². The minimum absolute atomic E-state index is 0.0416. The molecule has 1 rings (SSSR count). The fourth-order valence-electron chi connectivity index (χ4n) is 1.39. The van der Waals surface area contributed by atoms with Crippen LogP contribution >= 0.6 is 0 Å². The summed E-state index contributed by atoms with van der Waals surface area (Å²) in [6, 6.07) is 0. The highest BCUT2D eigenvalue weighted by Crippen LogP contribution is 2.07. The molecule has 1 aliphatic rings. The number of rotatable bonds is 4. The Morgan fingerprint density at radius 3 is 3.08 bits per heavy atom. The third-order valence-electron chi connectivity index (χ3n) is 2.09. The predicted octanol–water partition coefficient (Wildman–Crippen LogP) is 0.0541. The van der Waals surface area contributed by atoms with Gasteiger partial charge in [-0.15, -0.1) is 0 Å². The molecule has 0 aromatic heterocycles. The van der Waals surface area contributed by atoms with E-state index in [0.29, 0.717) is 12.8 Å². The Balaban J connectivity index is 2.11. The largest absolute Gasteiger partial charge is 0.461 e. The first-order valence-corrected chi connectivity index (χ1v) is 4.84. The summed E-state index contributed by atoms with van der Waals surface area (Å²) in [6.45, 7) is 1.84. The van der Waals surface area contributed by atoms with Crippen LogP contribution in [0.15, 0.2) is 0 Å². The third kappa shape index (κ3) is 4.24. The van der Waals surface area contributed by atoms with E-state index in [4.69, 9.17) is 9.84 Å². The average molecular weight is 187 g/mol. The second-order valence-corrected chi connectivity index (χ2v) is 3.29. The first kappa shape index (κ1) is 10.5. The molecule has 1 unspecified atom stereocenters. The average Bonchev–Trinajstić information content (AvgIpc) is 2.16. The van der Waals surface area contributed by atoms with Crippen molar-refractivity contribution in [1.82, 2.24) is 5.32 Å². The minimum atomic E-state index is -0.192. The number of aliphatic hydroxyl groups excluding tert-OH is 1. The molecule has 1 saturated heterocycles. The van der Waals surface area contributed by atoms with Gasteiger partial charge in [-0.1, -0.05) is 0 Å². The van der Waals surface area contributed by atoms with Crippen LogP contribution < -0.4 is 5.32 Å². The fraction of sp³-hybridized carbons (Fsp3) is 0.889. The Kier molecular flexibility index (Phi) is 4.78. The standard InChI is InChI=1S/C9H17NO3/c11-6-2-4-9(12)13-8-3-1-5-10-7-8/h8,10-11H,1-7H2. The highest BCUT2D eigenvalue weighted by Gasteiger charge is 2.16. The van der Waals surface area contributed by atoms with Crippen molar-refractivity contribution in [2.75, 3.05) is 19.7 Å². The lowest BCUT2D eigenvalue weighted by atomic mass is 10.1. The van der Waals surface area contributed by atoms with Crippen molar-refractivity contribution < 1.29 is 14.6 Å². The maximum absolute atomic E-state index is 11.1. The van der Waals surface area contributed by atoms with Crippen molar-refractivity contribution in [3.05, 3.63) is 0 Å². The van der Waals surface area contributed by atoms with E-state index in [1.165, 1.54) is 0 Å². The molecular weight excluding hydrogens is 170 g/mol. The van der Waals surface area contributed by atoms with Crippen molar-refractivity contribution in [3.8, 4) is 0 Å². The van der Waals surface area contributed by atoms with Gasteiger partial charge in [0.05, 0.1) is 0 Å². The molecule has 0 spiro atoms. The summed E-state index contributed by atoms with van der Waals surface area (Å²) in [5.74, 6) is -0.192. The molecule has 1 atom stereocenters. The number of carbonyl (C=O) groups excluding carboxylic acids is 1. The third-order valence-corrected chi connectivity index (χ3v) is 2.09. The van der Waals surface area contributed by atoms with Crippen LogP contribution in [0.4, 0.5) is 0 Å². The van der Waals surface area contributed by atoms with Crippen LogP contribution in [0.1, 0.15) is 25.7 Å². The Morgan fingerprint density at radius 2 is 2.46 bits per heavy atom. The summed E-state index contributed by atoms with van der Waals surface area (Å²) in [5, 5.41) is 11.7. The molecule has 1 aliphatic heterocycles. The number of hydrogen-bond donors (Lipinski definition) is 2. The zero-order chi connectivity index (χ0) is 9.52.